The van der Waals surface area contributed by atoms with Gasteiger partial charge in [-0.2, -0.15) is 0 Å². The van der Waals surface area contributed by atoms with Crippen molar-refractivity contribution in [2.45, 2.75) is 41.5 Å². The number of aliphatic hydroxyl groups is 4. The van der Waals surface area contributed by atoms with Gasteiger partial charge in [-0.3, -0.25) is 0 Å². The first-order chi connectivity index (χ1) is 11.3. The fraction of sp³-hybridized carbons (Fsp3) is 0.625. The lowest BCUT2D eigenvalue weighted by atomic mass is 9.79. The summed E-state index contributed by atoms with van der Waals surface area (Å²) < 4.78 is 16.2. The molecule has 1 aromatic carbocycles. The maximum Gasteiger partial charge on any atom is 0.226 e. The lowest BCUT2D eigenvalue weighted by Gasteiger charge is -2.48. The average Bonchev–Trinajstić information content (AvgIpc) is 2.92. The van der Waals surface area contributed by atoms with Gasteiger partial charge in [0.15, 0.2) is 5.60 Å². The number of halogens is 1. The third-order valence-electron chi connectivity index (χ3n) is 5.01. The molecule has 0 amide bonds. The molecule has 3 rings (SSSR count). The van der Waals surface area contributed by atoms with Crippen molar-refractivity contribution in [1.82, 2.24) is 0 Å². The fourth-order valence-electron chi connectivity index (χ4n) is 3.82. The summed E-state index contributed by atoms with van der Waals surface area (Å²) in [4.78, 5) is 0. The Morgan fingerprint density at radius 1 is 1.25 bits per heavy atom. The molecule has 1 aliphatic carbocycles. The summed E-state index contributed by atoms with van der Waals surface area (Å²) in [5.74, 6) is -2.21. The number of benzene rings is 1. The molecule has 6 atom stereocenters. The Labute approximate surface area is 144 Å². The number of methoxy groups -OCH3 is 1. The Bertz CT molecular complexity index is 601. The largest absolute Gasteiger partial charge is 0.494 e. The van der Waals surface area contributed by atoms with Crippen molar-refractivity contribution >= 4 is 11.6 Å². The molecular weight excluding hydrogens is 340 g/mol. The SMILES string of the molecule is CCOc1ccc(C2[C@@H]3OC(CO)(OC)[C@]2(O)[C@](O)(Cl)[C@@H]3O)cc1. The van der Waals surface area contributed by atoms with Crippen molar-refractivity contribution < 1.29 is 34.6 Å². The summed E-state index contributed by atoms with van der Waals surface area (Å²) in [6, 6.07) is 6.77. The van der Waals surface area contributed by atoms with E-state index >= 15 is 0 Å². The van der Waals surface area contributed by atoms with Crippen LogP contribution in [-0.4, -0.2) is 69.4 Å². The molecule has 2 bridgehead atoms. The third-order valence-corrected chi connectivity index (χ3v) is 5.52. The van der Waals surface area contributed by atoms with Gasteiger partial charge in [-0.1, -0.05) is 23.7 Å². The molecule has 1 saturated heterocycles. The number of fused-ring (bicyclic) bond motifs is 2. The van der Waals surface area contributed by atoms with Crippen LogP contribution in [0.15, 0.2) is 24.3 Å². The molecule has 0 spiro atoms. The van der Waals surface area contributed by atoms with E-state index in [0.29, 0.717) is 17.9 Å². The van der Waals surface area contributed by atoms with Gasteiger partial charge >= 0.3 is 0 Å². The zero-order chi connectivity index (χ0) is 17.8. The van der Waals surface area contributed by atoms with E-state index in [2.05, 4.69) is 0 Å². The highest BCUT2D eigenvalue weighted by Crippen LogP contribution is 2.64. The van der Waals surface area contributed by atoms with Gasteiger partial charge in [-0.25, -0.2) is 0 Å². The first-order valence-corrected chi connectivity index (χ1v) is 8.05. The van der Waals surface area contributed by atoms with Gasteiger partial charge in [0.2, 0.25) is 10.8 Å². The summed E-state index contributed by atoms with van der Waals surface area (Å²) in [5, 5.41) is 39.4. The molecule has 1 aromatic rings. The number of rotatable bonds is 5. The highest BCUT2D eigenvalue weighted by atomic mass is 35.5. The normalized spacial score (nSPS) is 44.0. The smallest absolute Gasteiger partial charge is 0.226 e. The monoisotopic (exact) mass is 360 g/mol. The number of hydrogen-bond acceptors (Lipinski definition) is 7. The Kier molecular flexibility index (Phi) is 4.33. The van der Waals surface area contributed by atoms with E-state index in [9.17, 15) is 20.4 Å². The summed E-state index contributed by atoms with van der Waals surface area (Å²) in [5.41, 5.74) is -1.70. The highest BCUT2D eigenvalue weighted by Gasteiger charge is 2.83. The van der Waals surface area contributed by atoms with Crippen molar-refractivity contribution in [1.29, 1.82) is 0 Å². The van der Waals surface area contributed by atoms with Gasteiger partial charge in [-0.05, 0) is 24.6 Å². The van der Waals surface area contributed by atoms with Crippen LogP contribution in [0.5, 0.6) is 5.75 Å². The fourth-order valence-corrected chi connectivity index (χ4v) is 4.21. The maximum atomic E-state index is 11.3. The number of ether oxygens (including phenoxy) is 3. The summed E-state index contributed by atoms with van der Waals surface area (Å²) in [6.45, 7) is 1.63. The van der Waals surface area contributed by atoms with Crippen molar-refractivity contribution in [3.05, 3.63) is 29.8 Å². The molecule has 0 radical (unpaired) electrons. The predicted molar refractivity (Wildman–Crippen MR) is 83.8 cm³/mol. The van der Waals surface area contributed by atoms with Crippen LogP contribution in [-0.2, 0) is 9.47 Å². The van der Waals surface area contributed by atoms with E-state index in [1.54, 1.807) is 24.3 Å². The van der Waals surface area contributed by atoms with Crippen molar-refractivity contribution in [3.8, 4) is 5.75 Å². The van der Waals surface area contributed by atoms with Crippen LogP contribution in [0.4, 0.5) is 0 Å². The van der Waals surface area contributed by atoms with E-state index in [-0.39, 0.29) is 0 Å². The lowest BCUT2D eigenvalue weighted by molar-refractivity contribution is -0.355. The van der Waals surface area contributed by atoms with Crippen LogP contribution >= 0.6 is 11.6 Å². The van der Waals surface area contributed by atoms with Crippen LogP contribution in [0.2, 0.25) is 0 Å². The van der Waals surface area contributed by atoms with Crippen LogP contribution in [0.1, 0.15) is 18.4 Å². The zero-order valence-corrected chi connectivity index (χ0v) is 14.1. The van der Waals surface area contributed by atoms with Gasteiger partial charge < -0.3 is 34.6 Å². The minimum atomic E-state index is -2.45. The van der Waals surface area contributed by atoms with Crippen LogP contribution in [0.3, 0.4) is 0 Å². The zero-order valence-electron chi connectivity index (χ0n) is 13.3. The molecule has 2 aliphatic rings. The molecule has 2 unspecified atom stereocenters. The van der Waals surface area contributed by atoms with Crippen LogP contribution in [0, 0.1) is 0 Å². The molecule has 1 aliphatic heterocycles. The predicted octanol–water partition coefficient (Wildman–Crippen LogP) is -0.0643. The van der Waals surface area contributed by atoms with Crippen molar-refractivity contribution in [2.75, 3.05) is 20.3 Å². The van der Waals surface area contributed by atoms with Gasteiger partial charge in [-0.15, -0.1) is 0 Å². The molecule has 134 valence electrons. The third kappa shape index (κ3) is 2.00. The molecule has 4 N–H and O–H groups in total. The van der Waals surface area contributed by atoms with Gasteiger partial charge in [0.05, 0.1) is 12.5 Å². The standard InChI is InChI=1S/C16H21ClO7/c1-3-23-10-6-4-9(5-7-10)11-12-13(19)16(17,21)15(11,20)14(8-18,22-2)24-12/h4-7,11-13,18-21H,3,8H2,1-2H3/t11?,12-,13+,14?,15-,16-/m0/s1. The van der Waals surface area contributed by atoms with Crippen LogP contribution in [0.25, 0.3) is 0 Å². The van der Waals surface area contributed by atoms with Gasteiger partial charge in [0.1, 0.15) is 24.6 Å². The molecule has 7 nitrogen and oxygen atoms in total. The Morgan fingerprint density at radius 3 is 2.38 bits per heavy atom. The quantitative estimate of drug-likeness (QED) is 0.544. The van der Waals surface area contributed by atoms with Crippen molar-refractivity contribution in [2.24, 2.45) is 0 Å². The van der Waals surface area contributed by atoms with E-state index < -0.39 is 41.2 Å². The topological polar surface area (TPSA) is 109 Å². The summed E-state index contributed by atoms with van der Waals surface area (Å²) in [7, 11) is 1.23. The minimum Gasteiger partial charge on any atom is -0.494 e. The Balaban J connectivity index is 2.08. The summed E-state index contributed by atoms with van der Waals surface area (Å²) in [6.07, 6.45) is -2.61. The average molecular weight is 361 g/mol. The van der Waals surface area contributed by atoms with Crippen LogP contribution < -0.4 is 4.74 Å². The summed E-state index contributed by atoms with van der Waals surface area (Å²) >= 11 is 6.08. The van der Waals surface area contributed by atoms with E-state index in [1.807, 2.05) is 6.92 Å². The molecule has 2 fully saturated rings. The van der Waals surface area contributed by atoms with Crippen molar-refractivity contribution in [3.63, 3.8) is 0 Å². The minimum absolute atomic E-state index is 0.510. The number of aliphatic hydroxyl groups excluding tert-OH is 2. The second kappa shape index (κ2) is 5.81. The first-order valence-electron chi connectivity index (χ1n) is 7.67. The second-order valence-electron chi connectivity index (χ2n) is 6.06. The molecule has 0 aromatic heterocycles. The molecule has 8 heteroatoms. The second-order valence-corrected chi connectivity index (χ2v) is 6.64. The van der Waals surface area contributed by atoms with E-state index in [1.165, 1.54) is 7.11 Å². The molecule has 24 heavy (non-hydrogen) atoms. The van der Waals surface area contributed by atoms with Gasteiger partial charge in [0.25, 0.3) is 0 Å². The molecule has 1 heterocycles. The molecule has 1 saturated carbocycles. The highest BCUT2D eigenvalue weighted by molar-refractivity contribution is 6.24. The number of alkyl halides is 1. The maximum absolute atomic E-state index is 11.3. The first kappa shape index (κ1) is 17.9. The lowest BCUT2D eigenvalue weighted by Crippen LogP contribution is -2.71. The Morgan fingerprint density at radius 2 is 1.88 bits per heavy atom. The molecular formula is C16H21ClO7. The van der Waals surface area contributed by atoms with Gasteiger partial charge in [0, 0.05) is 7.11 Å². The van der Waals surface area contributed by atoms with E-state index in [4.69, 9.17) is 25.8 Å². The number of hydrogen-bond donors (Lipinski definition) is 4. The van der Waals surface area contributed by atoms with E-state index in [0.717, 1.165) is 0 Å². The Hall–Kier alpha value is -0.930.